The maximum atomic E-state index is 13.3. The van der Waals surface area contributed by atoms with Gasteiger partial charge < -0.3 is 4.90 Å². The largest absolute Gasteiger partial charge is 0.338 e. The van der Waals surface area contributed by atoms with Crippen molar-refractivity contribution in [1.29, 1.82) is 0 Å². The average Bonchev–Trinajstić information content (AvgIpc) is 3.39. The Morgan fingerprint density at radius 1 is 0.889 bits per heavy atom. The summed E-state index contributed by atoms with van der Waals surface area (Å²) in [5.41, 5.74) is 0.135. The molecule has 0 bridgehead atoms. The molecule has 184 valence electrons. The summed E-state index contributed by atoms with van der Waals surface area (Å²) in [5, 5.41) is 3.65. The molecule has 1 aliphatic rings. The minimum absolute atomic E-state index is 0.0103. The van der Waals surface area contributed by atoms with E-state index in [0.29, 0.717) is 54.5 Å². The minimum atomic E-state index is -0.652. The van der Waals surface area contributed by atoms with Crippen LogP contribution in [0.3, 0.4) is 0 Å². The third kappa shape index (κ3) is 4.59. The molecule has 0 radical (unpaired) electrons. The molecule has 1 saturated heterocycles. The van der Waals surface area contributed by atoms with Gasteiger partial charge in [0.25, 0.3) is 11.5 Å². The molecule has 36 heavy (non-hydrogen) atoms. The molecule has 1 fully saturated rings. The standard InChI is InChI=1S/C27H24FN3O4S/c28-21-8-6-18(7-9-21)24(32)19-10-12-29(13-11-19)14-15-30-26(34)22-16-36-17-23(22)31(27(30)35)25(33)20-4-2-1-3-5-20/h1-9,16-17,19H,10-15H2. The average molecular weight is 506 g/mol. The Morgan fingerprint density at radius 2 is 1.58 bits per heavy atom. The fraction of sp³-hybridized carbons (Fsp3) is 0.259. The summed E-state index contributed by atoms with van der Waals surface area (Å²) < 4.78 is 15.4. The zero-order valence-corrected chi connectivity index (χ0v) is 20.2. The molecule has 7 nitrogen and oxygen atoms in total. The molecule has 5 rings (SSSR count). The first-order valence-electron chi connectivity index (χ1n) is 11.8. The number of ketones is 1. The summed E-state index contributed by atoms with van der Waals surface area (Å²) in [6.45, 7) is 1.87. The summed E-state index contributed by atoms with van der Waals surface area (Å²) in [6, 6.07) is 14.1. The molecule has 3 heterocycles. The molecule has 0 N–H and O–H groups in total. The summed E-state index contributed by atoms with van der Waals surface area (Å²) in [6.07, 6.45) is 1.29. The Kier molecular flexibility index (Phi) is 6.75. The fourth-order valence-electron chi connectivity index (χ4n) is 4.69. The van der Waals surface area contributed by atoms with Gasteiger partial charge in [0.2, 0.25) is 0 Å². The molecule has 1 aliphatic heterocycles. The van der Waals surface area contributed by atoms with Gasteiger partial charge in [-0.25, -0.2) is 13.8 Å². The Labute approximate surface area is 210 Å². The van der Waals surface area contributed by atoms with Crippen molar-refractivity contribution in [2.45, 2.75) is 19.4 Å². The number of piperidine rings is 1. The number of benzene rings is 2. The number of rotatable bonds is 6. The van der Waals surface area contributed by atoms with Gasteiger partial charge in [-0.1, -0.05) is 18.2 Å². The molecule has 0 aliphatic carbocycles. The van der Waals surface area contributed by atoms with Crippen LogP contribution in [-0.4, -0.2) is 45.4 Å². The van der Waals surface area contributed by atoms with Gasteiger partial charge in [-0.3, -0.25) is 19.0 Å². The van der Waals surface area contributed by atoms with E-state index in [1.807, 2.05) is 0 Å². The third-order valence-electron chi connectivity index (χ3n) is 6.73. The van der Waals surface area contributed by atoms with Gasteiger partial charge in [0.15, 0.2) is 5.78 Å². The molecular formula is C27H24FN3O4S. The van der Waals surface area contributed by atoms with Crippen LogP contribution in [0.1, 0.15) is 33.6 Å². The number of carbonyl (C=O) groups excluding carboxylic acids is 2. The van der Waals surface area contributed by atoms with Gasteiger partial charge in [-0.15, -0.1) is 11.3 Å². The molecule has 4 aromatic rings. The zero-order chi connectivity index (χ0) is 25.2. The summed E-state index contributed by atoms with van der Waals surface area (Å²) in [5.74, 6) is -0.979. The smallest absolute Gasteiger partial charge is 0.302 e. The number of likely N-dealkylation sites (tertiary alicyclic amines) is 1. The number of Topliss-reactive ketones (excluding diaryl/α,β-unsaturated/α-hetero) is 1. The minimum Gasteiger partial charge on any atom is -0.302 e. The second kappa shape index (κ2) is 10.1. The van der Waals surface area contributed by atoms with E-state index >= 15 is 0 Å². The van der Waals surface area contributed by atoms with E-state index in [2.05, 4.69) is 4.90 Å². The lowest BCUT2D eigenvalue weighted by Crippen LogP contribution is -2.45. The van der Waals surface area contributed by atoms with E-state index in [1.165, 1.54) is 35.6 Å². The van der Waals surface area contributed by atoms with Crippen LogP contribution in [0.5, 0.6) is 0 Å². The number of thiophene rings is 1. The maximum absolute atomic E-state index is 13.3. The lowest BCUT2D eigenvalue weighted by Gasteiger charge is -2.31. The predicted octanol–water partition coefficient (Wildman–Crippen LogP) is 3.65. The van der Waals surface area contributed by atoms with Crippen molar-refractivity contribution in [3.63, 3.8) is 0 Å². The second-order valence-electron chi connectivity index (χ2n) is 8.90. The topological polar surface area (TPSA) is 81.4 Å². The Bertz CT molecular complexity index is 1530. The SMILES string of the molecule is O=C(c1ccc(F)cc1)C1CCN(CCn2c(=O)c3cscc3n(C(=O)c3ccccc3)c2=O)CC1. The molecule has 0 saturated carbocycles. The normalized spacial score (nSPS) is 14.8. The summed E-state index contributed by atoms with van der Waals surface area (Å²) >= 11 is 1.27. The quantitative estimate of drug-likeness (QED) is 0.374. The van der Waals surface area contributed by atoms with E-state index in [0.717, 1.165) is 9.13 Å². The van der Waals surface area contributed by atoms with Crippen molar-refractivity contribution in [2.24, 2.45) is 5.92 Å². The Balaban J connectivity index is 1.32. The monoisotopic (exact) mass is 505 g/mol. The van der Waals surface area contributed by atoms with Crippen LogP contribution in [-0.2, 0) is 6.54 Å². The molecular weight excluding hydrogens is 481 g/mol. The van der Waals surface area contributed by atoms with Crippen LogP contribution < -0.4 is 11.2 Å². The summed E-state index contributed by atoms with van der Waals surface area (Å²) in [7, 11) is 0. The molecule has 0 spiro atoms. The van der Waals surface area contributed by atoms with Crippen molar-refractivity contribution >= 4 is 33.9 Å². The molecule has 0 unspecified atom stereocenters. The summed E-state index contributed by atoms with van der Waals surface area (Å²) in [4.78, 5) is 54.4. The van der Waals surface area contributed by atoms with Gasteiger partial charge in [0.05, 0.1) is 10.9 Å². The van der Waals surface area contributed by atoms with Gasteiger partial charge >= 0.3 is 5.69 Å². The third-order valence-corrected chi connectivity index (χ3v) is 7.46. The van der Waals surface area contributed by atoms with E-state index in [-0.39, 0.29) is 24.1 Å². The highest BCUT2D eigenvalue weighted by molar-refractivity contribution is 7.09. The molecule has 9 heteroatoms. The lowest BCUT2D eigenvalue weighted by atomic mass is 9.89. The highest BCUT2D eigenvalue weighted by atomic mass is 32.1. The fourth-order valence-corrected chi connectivity index (χ4v) is 5.48. The Hall–Kier alpha value is -3.69. The van der Waals surface area contributed by atoms with Gasteiger partial charge in [-0.2, -0.15) is 0 Å². The van der Waals surface area contributed by atoms with Crippen molar-refractivity contribution in [3.05, 3.63) is 103 Å². The molecule has 0 amide bonds. The van der Waals surface area contributed by atoms with Crippen LogP contribution in [0.4, 0.5) is 4.39 Å². The van der Waals surface area contributed by atoms with Gasteiger partial charge in [0, 0.05) is 40.9 Å². The second-order valence-corrected chi connectivity index (χ2v) is 9.65. The number of fused-ring (bicyclic) bond motifs is 1. The van der Waals surface area contributed by atoms with Gasteiger partial charge in [-0.05, 0) is 62.3 Å². The lowest BCUT2D eigenvalue weighted by molar-refractivity contribution is 0.0837. The number of hydrogen-bond donors (Lipinski definition) is 0. The number of hydrogen-bond acceptors (Lipinski definition) is 6. The van der Waals surface area contributed by atoms with E-state index in [9.17, 15) is 23.6 Å². The van der Waals surface area contributed by atoms with Gasteiger partial charge in [0.1, 0.15) is 5.82 Å². The molecule has 2 aromatic carbocycles. The van der Waals surface area contributed by atoms with Crippen LogP contribution in [0.15, 0.2) is 74.9 Å². The van der Waals surface area contributed by atoms with Crippen LogP contribution in [0, 0.1) is 11.7 Å². The van der Waals surface area contributed by atoms with E-state index in [1.54, 1.807) is 41.1 Å². The van der Waals surface area contributed by atoms with E-state index < -0.39 is 17.2 Å². The Morgan fingerprint density at radius 3 is 2.28 bits per heavy atom. The van der Waals surface area contributed by atoms with Crippen molar-refractivity contribution in [2.75, 3.05) is 19.6 Å². The first-order chi connectivity index (χ1) is 17.4. The maximum Gasteiger partial charge on any atom is 0.338 e. The van der Waals surface area contributed by atoms with Crippen molar-refractivity contribution in [3.8, 4) is 0 Å². The number of halogens is 1. The van der Waals surface area contributed by atoms with Crippen molar-refractivity contribution < 1.29 is 14.0 Å². The first-order valence-corrected chi connectivity index (χ1v) is 12.7. The highest BCUT2D eigenvalue weighted by Gasteiger charge is 2.26. The zero-order valence-electron chi connectivity index (χ0n) is 19.4. The molecule has 0 atom stereocenters. The molecule has 2 aromatic heterocycles. The first kappa shape index (κ1) is 24.0. The van der Waals surface area contributed by atoms with Crippen molar-refractivity contribution in [1.82, 2.24) is 14.0 Å². The van der Waals surface area contributed by atoms with E-state index in [4.69, 9.17) is 0 Å². The van der Waals surface area contributed by atoms with Crippen LogP contribution in [0.2, 0.25) is 0 Å². The van der Waals surface area contributed by atoms with Crippen LogP contribution >= 0.6 is 11.3 Å². The van der Waals surface area contributed by atoms with Crippen LogP contribution in [0.25, 0.3) is 10.9 Å². The number of aromatic nitrogens is 2. The predicted molar refractivity (Wildman–Crippen MR) is 136 cm³/mol. The number of carbonyl (C=O) groups is 2. The number of nitrogens with zero attached hydrogens (tertiary/aromatic N) is 3. The highest BCUT2D eigenvalue weighted by Crippen LogP contribution is 2.22.